The second-order valence-electron chi connectivity index (χ2n) is 10.8. The largest absolute Gasteiger partial charge is 0.396 e. The van der Waals surface area contributed by atoms with E-state index in [1.165, 1.54) is 0 Å². The van der Waals surface area contributed by atoms with Gasteiger partial charge in [-0.1, -0.05) is 44.9 Å². The zero-order valence-corrected chi connectivity index (χ0v) is 22.8. The van der Waals surface area contributed by atoms with Crippen molar-refractivity contribution in [1.82, 2.24) is 10.2 Å². The Hall–Kier alpha value is -2.06. The molecule has 7 nitrogen and oxygen atoms in total. The van der Waals surface area contributed by atoms with Gasteiger partial charge >= 0.3 is 0 Å². The number of nitrogens with zero attached hydrogens (tertiary/aromatic N) is 1. The standard InChI is InChI=1S/C28H41N3O4S/c1-5-13-29-25(33)21-20-16-19(4)28(36-20)22(21)27(35)31(14-8-6-7-9-15-32)24(28)26(34)30-23-17(2)11-10-12-18(23)3/h10-12,19-22,24,32H,5-9,13-16H2,1-4H3,(H,29,33)(H,30,34)/t19?,20-,21+,22-,24?,28?/m0/s1. The van der Waals surface area contributed by atoms with Gasteiger partial charge in [-0.15, -0.1) is 11.8 Å². The third-order valence-electron chi connectivity index (χ3n) is 8.38. The van der Waals surface area contributed by atoms with Crippen LogP contribution < -0.4 is 10.6 Å². The maximum atomic E-state index is 14.1. The number of anilines is 1. The number of carbonyl (C=O) groups excluding carboxylic acids is 3. The smallest absolute Gasteiger partial charge is 0.248 e. The molecule has 3 saturated heterocycles. The van der Waals surface area contributed by atoms with Crippen LogP contribution in [-0.2, 0) is 14.4 Å². The molecule has 198 valence electrons. The van der Waals surface area contributed by atoms with Gasteiger partial charge in [0.05, 0.1) is 16.6 Å². The number of benzene rings is 1. The van der Waals surface area contributed by atoms with Crippen LogP contribution in [-0.4, -0.2) is 63.5 Å². The van der Waals surface area contributed by atoms with E-state index in [1.54, 1.807) is 16.7 Å². The highest BCUT2D eigenvalue weighted by Gasteiger charge is 2.75. The molecule has 1 aromatic rings. The summed E-state index contributed by atoms with van der Waals surface area (Å²) in [6, 6.07) is 5.33. The number of aliphatic hydroxyl groups is 1. The normalized spacial score (nSPS) is 30.5. The van der Waals surface area contributed by atoms with Crippen molar-refractivity contribution in [2.45, 2.75) is 82.3 Å². The molecule has 1 aromatic carbocycles. The molecule has 1 spiro atoms. The average molecular weight is 516 g/mol. The summed E-state index contributed by atoms with van der Waals surface area (Å²) < 4.78 is -0.595. The predicted molar refractivity (Wildman–Crippen MR) is 144 cm³/mol. The molecule has 3 N–H and O–H groups in total. The summed E-state index contributed by atoms with van der Waals surface area (Å²) in [5.41, 5.74) is 2.79. The van der Waals surface area contributed by atoms with E-state index in [-0.39, 0.29) is 41.4 Å². The summed E-state index contributed by atoms with van der Waals surface area (Å²) in [6.45, 7) is 9.39. The fourth-order valence-electron chi connectivity index (χ4n) is 6.68. The first-order valence-electron chi connectivity index (χ1n) is 13.5. The molecule has 3 aliphatic heterocycles. The van der Waals surface area contributed by atoms with Crippen molar-refractivity contribution in [3.05, 3.63) is 29.3 Å². The summed E-state index contributed by atoms with van der Waals surface area (Å²) >= 11 is 1.72. The first kappa shape index (κ1) is 27.0. The lowest BCUT2D eigenvalue weighted by Gasteiger charge is -2.38. The van der Waals surface area contributed by atoms with E-state index in [0.717, 1.165) is 55.3 Å². The molecule has 0 aromatic heterocycles. The molecular weight excluding hydrogens is 474 g/mol. The number of unbranched alkanes of at least 4 members (excludes halogenated alkanes) is 3. The fourth-order valence-corrected chi connectivity index (χ4v) is 9.10. The van der Waals surface area contributed by atoms with Gasteiger partial charge in [0.25, 0.3) is 0 Å². The Morgan fingerprint density at radius 1 is 1.14 bits per heavy atom. The first-order valence-corrected chi connectivity index (χ1v) is 14.4. The molecule has 8 heteroatoms. The number of carbonyl (C=O) groups is 3. The number of rotatable bonds is 11. The third-order valence-corrected chi connectivity index (χ3v) is 10.5. The topological polar surface area (TPSA) is 98.7 Å². The molecule has 3 fully saturated rings. The number of aryl methyl sites for hydroxylation is 2. The summed E-state index contributed by atoms with van der Waals surface area (Å²) in [7, 11) is 0. The van der Waals surface area contributed by atoms with E-state index >= 15 is 0 Å². The number of hydrogen-bond donors (Lipinski definition) is 3. The minimum atomic E-state index is -0.610. The SMILES string of the molecule is CCCNC(=O)[C@@H]1[C@@H]2CC(C)C3(S2)C(C(=O)Nc2c(C)cccc2C)N(CCCCCCO)C(=O)[C@H]13. The molecule has 3 unspecified atom stereocenters. The van der Waals surface area contributed by atoms with E-state index in [4.69, 9.17) is 5.11 Å². The molecule has 3 aliphatic rings. The van der Waals surface area contributed by atoms with Crippen LogP contribution in [0.25, 0.3) is 0 Å². The van der Waals surface area contributed by atoms with Crippen LogP contribution in [0.2, 0.25) is 0 Å². The van der Waals surface area contributed by atoms with Crippen LogP contribution in [0, 0.1) is 31.6 Å². The van der Waals surface area contributed by atoms with Crippen molar-refractivity contribution in [3.63, 3.8) is 0 Å². The van der Waals surface area contributed by atoms with Gasteiger partial charge in [0, 0.05) is 30.6 Å². The zero-order chi connectivity index (χ0) is 26.0. The van der Waals surface area contributed by atoms with Crippen LogP contribution in [0.15, 0.2) is 18.2 Å². The zero-order valence-electron chi connectivity index (χ0n) is 22.0. The fraction of sp³-hybridized carbons (Fsp3) is 0.679. The van der Waals surface area contributed by atoms with Gasteiger partial charge in [-0.05, 0) is 56.6 Å². The van der Waals surface area contributed by atoms with Gasteiger partial charge in [0.1, 0.15) is 6.04 Å². The lowest BCUT2D eigenvalue weighted by atomic mass is 9.66. The lowest BCUT2D eigenvalue weighted by molar-refractivity contribution is -0.139. The first-order chi connectivity index (χ1) is 17.3. The van der Waals surface area contributed by atoms with Crippen LogP contribution in [0.3, 0.4) is 0 Å². The number of amides is 3. The number of aliphatic hydroxyl groups excluding tert-OH is 1. The van der Waals surface area contributed by atoms with E-state index < -0.39 is 16.7 Å². The number of nitrogens with one attached hydrogen (secondary N) is 2. The molecule has 6 atom stereocenters. The van der Waals surface area contributed by atoms with Gasteiger partial charge in [-0.3, -0.25) is 14.4 Å². The van der Waals surface area contributed by atoms with Gasteiger partial charge < -0.3 is 20.6 Å². The average Bonchev–Trinajstić information content (AvgIpc) is 3.43. The Kier molecular flexibility index (Phi) is 8.35. The van der Waals surface area contributed by atoms with Crippen molar-refractivity contribution in [3.8, 4) is 0 Å². The minimum Gasteiger partial charge on any atom is -0.396 e. The lowest BCUT2D eigenvalue weighted by Crippen LogP contribution is -2.55. The van der Waals surface area contributed by atoms with Crippen LogP contribution in [0.4, 0.5) is 5.69 Å². The van der Waals surface area contributed by atoms with Gasteiger partial charge in [0.15, 0.2) is 0 Å². The van der Waals surface area contributed by atoms with Crippen molar-refractivity contribution in [2.75, 3.05) is 25.0 Å². The molecule has 4 rings (SSSR count). The summed E-state index contributed by atoms with van der Waals surface area (Å²) in [5.74, 6) is -0.936. The van der Waals surface area contributed by atoms with Crippen LogP contribution in [0.1, 0.15) is 63.5 Å². The van der Waals surface area contributed by atoms with E-state index in [0.29, 0.717) is 13.1 Å². The summed E-state index contributed by atoms with van der Waals surface area (Å²) in [5, 5.41) is 15.4. The highest BCUT2D eigenvalue weighted by molar-refractivity contribution is 8.02. The van der Waals surface area contributed by atoms with Gasteiger partial charge in [0.2, 0.25) is 17.7 Å². The van der Waals surface area contributed by atoms with Crippen molar-refractivity contribution >= 4 is 35.2 Å². The Morgan fingerprint density at radius 2 is 1.83 bits per heavy atom. The third kappa shape index (κ3) is 4.55. The summed E-state index contributed by atoms with van der Waals surface area (Å²) in [6.07, 6.45) is 4.98. The highest BCUT2D eigenvalue weighted by Crippen LogP contribution is 2.68. The Morgan fingerprint density at radius 3 is 2.50 bits per heavy atom. The molecule has 0 aliphatic carbocycles. The van der Waals surface area contributed by atoms with E-state index in [9.17, 15) is 14.4 Å². The van der Waals surface area contributed by atoms with Gasteiger partial charge in [-0.2, -0.15) is 0 Å². The molecular formula is C28H41N3O4S. The molecule has 3 heterocycles. The van der Waals surface area contributed by atoms with Crippen LogP contribution >= 0.6 is 11.8 Å². The van der Waals surface area contributed by atoms with Crippen molar-refractivity contribution in [1.29, 1.82) is 0 Å². The number of fused-ring (bicyclic) bond motifs is 1. The Labute approximate surface area is 219 Å². The van der Waals surface area contributed by atoms with Crippen LogP contribution in [0.5, 0.6) is 0 Å². The second kappa shape index (κ2) is 11.1. The van der Waals surface area contributed by atoms with Gasteiger partial charge in [-0.25, -0.2) is 0 Å². The maximum absolute atomic E-state index is 14.1. The minimum absolute atomic E-state index is 0.0415. The quantitative estimate of drug-likeness (QED) is 0.391. The maximum Gasteiger partial charge on any atom is 0.248 e. The highest BCUT2D eigenvalue weighted by atomic mass is 32.2. The Bertz CT molecular complexity index is 981. The molecule has 36 heavy (non-hydrogen) atoms. The molecule has 0 saturated carbocycles. The molecule has 2 bridgehead atoms. The monoisotopic (exact) mass is 515 g/mol. The molecule has 3 amide bonds. The van der Waals surface area contributed by atoms with Crippen molar-refractivity contribution < 1.29 is 19.5 Å². The van der Waals surface area contributed by atoms with E-state index in [1.807, 2.05) is 39.0 Å². The Balaban J connectivity index is 1.67. The second-order valence-corrected chi connectivity index (χ2v) is 12.3. The predicted octanol–water partition coefficient (Wildman–Crippen LogP) is 3.66. The number of hydrogen-bond acceptors (Lipinski definition) is 5. The number of thioether (sulfide) groups is 1. The number of para-hydroxylation sites is 1. The molecule has 0 radical (unpaired) electrons. The summed E-state index contributed by atoms with van der Waals surface area (Å²) in [4.78, 5) is 43.2. The van der Waals surface area contributed by atoms with Crippen molar-refractivity contribution in [2.24, 2.45) is 17.8 Å². The van der Waals surface area contributed by atoms with E-state index in [2.05, 4.69) is 17.6 Å². The number of likely N-dealkylation sites (tertiary alicyclic amines) is 1.